The smallest absolute Gasteiger partial charge is 0.221 e. The fraction of sp³-hybridized carbons (Fsp3) is 0.107. The highest BCUT2D eigenvalue weighted by Crippen LogP contribution is 2.51. The van der Waals surface area contributed by atoms with Crippen molar-refractivity contribution in [2.45, 2.75) is 38.5 Å². The molecule has 8 aromatic carbocycles. The van der Waals surface area contributed by atoms with Gasteiger partial charge in [0.1, 0.15) is 5.65 Å². The number of aromatic nitrogens is 4. The maximum atomic E-state index is 5.47. The summed E-state index contributed by atoms with van der Waals surface area (Å²) < 4.78 is 4.61. The van der Waals surface area contributed by atoms with Crippen LogP contribution >= 0.6 is 0 Å². The molecule has 0 N–H and O–H groups in total. The number of benzene rings is 8. The van der Waals surface area contributed by atoms with Gasteiger partial charge in [0.05, 0.1) is 27.6 Å². The number of para-hydroxylation sites is 3. The molecule has 0 atom stereocenters. The van der Waals surface area contributed by atoms with Gasteiger partial charge in [0.25, 0.3) is 0 Å². The van der Waals surface area contributed by atoms with Gasteiger partial charge in [0, 0.05) is 27.0 Å². The molecule has 13 rings (SSSR count). The molecule has 4 nitrogen and oxygen atoms in total. The minimum absolute atomic E-state index is 0.0799. The summed E-state index contributed by atoms with van der Waals surface area (Å²) in [5.41, 5.74) is 21.6. The van der Waals surface area contributed by atoms with Crippen LogP contribution in [0, 0.1) is 0 Å². The zero-order valence-corrected chi connectivity index (χ0v) is 34.0. The zero-order valence-electron chi connectivity index (χ0n) is 34.0. The summed E-state index contributed by atoms with van der Waals surface area (Å²) >= 11 is 0. The predicted octanol–water partition coefficient (Wildman–Crippen LogP) is 14.1. The Hall–Kier alpha value is -7.30. The molecular weight excluding hydrogens is 729 g/mol. The highest BCUT2D eigenvalue weighted by atomic mass is 15.2. The number of fused-ring (bicyclic) bond motifs is 14. The van der Waals surface area contributed by atoms with Crippen molar-refractivity contribution in [2.24, 2.45) is 0 Å². The molecular formula is C56H40N4. The first-order valence-electron chi connectivity index (χ1n) is 21.0. The van der Waals surface area contributed by atoms with Gasteiger partial charge in [-0.15, -0.1) is 0 Å². The van der Waals surface area contributed by atoms with E-state index < -0.39 is 0 Å². The maximum Gasteiger partial charge on any atom is 0.221 e. The van der Waals surface area contributed by atoms with Crippen LogP contribution in [0.25, 0.3) is 99.8 Å². The molecule has 11 aromatic rings. The maximum absolute atomic E-state index is 5.47. The summed E-state index contributed by atoms with van der Waals surface area (Å²) in [5, 5.41) is 3.41. The van der Waals surface area contributed by atoms with Gasteiger partial charge in [-0.2, -0.15) is 0 Å². The van der Waals surface area contributed by atoms with E-state index in [0.29, 0.717) is 0 Å². The molecule has 2 aliphatic rings. The molecule has 0 radical (unpaired) electrons. The lowest BCUT2D eigenvalue weighted by Crippen LogP contribution is -2.14. The molecule has 2 aliphatic carbocycles. The van der Waals surface area contributed by atoms with Crippen LogP contribution in [-0.4, -0.2) is 18.9 Å². The first kappa shape index (κ1) is 33.6. The topological polar surface area (TPSA) is 35.1 Å². The van der Waals surface area contributed by atoms with Crippen LogP contribution in [0.5, 0.6) is 0 Å². The van der Waals surface area contributed by atoms with Crippen molar-refractivity contribution >= 4 is 49.4 Å². The molecule has 4 heteroatoms. The van der Waals surface area contributed by atoms with Crippen molar-refractivity contribution < 1.29 is 0 Å². The molecule has 0 saturated carbocycles. The zero-order chi connectivity index (χ0) is 40.1. The van der Waals surface area contributed by atoms with Crippen LogP contribution in [0.4, 0.5) is 0 Å². The molecule has 0 unspecified atom stereocenters. The van der Waals surface area contributed by atoms with Crippen molar-refractivity contribution in [3.05, 3.63) is 192 Å². The lowest BCUT2D eigenvalue weighted by atomic mass is 9.81. The summed E-state index contributed by atoms with van der Waals surface area (Å²) in [4.78, 5) is 10.7. The van der Waals surface area contributed by atoms with E-state index in [0.717, 1.165) is 44.6 Å². The standard InChI is InChI=1S/C56H40N4/c1-55(2)44-16-8-5-13-37(44)39-25-21-35(31-46(39)55)33-23-27-50-42(29-33)43-30-34(36-22-26-40-38-14-6-9-17-45(38)56(3,4)47(40)32-36)24-28-51(43)59(50)54-58-48-18-10-7-15-41(48)53-57-49-19-11-12-20-52(49)60(53)54/h5-32H,1-4H3. The van der Waals surface area contributed by atoms with E-state index in [-0.39, 0.29) is 10.8 Å². The van der Waals surface area contributed by atoms with Crippen molar-refractivity contribution in [3.8, 4) is 50.5 Å². The minimum atomic E-state index is -0.0799. The lowest BCUT2D eigenvalue weighted by molar-refractivity contribution is 0.660. The van der Waals surface area contributed by atoms with Crippen LogP contribution in [0.1, 0.15) is 49.9 Å². The average Bonchev–Trinajstić information content (AvgIpc) is 3.97. The van der Waals surface area contributed by atoms with Crippen LogP contribution in [0.2, 0.25) is 0 Å². The second kappa shape index (κ2) is 11.7. The molecule has 60 heavy (non-hydrogen) atoms. The van der Waals surface area contributed by atoms with E-state index in [1.165, 1.54) is 77.5 Å². The second-order valence-corrected chi connectivity index (χ2v) is 17.8. The lowest BCUT2D eigenvalue weighted by Gasteiger charge is -2.22. The Bertz CT molecular complexity index is 3510. The van der Waals surface area contributed by atoms with E-state index in [2.05, 4.69) is 207 Å². The van der Waals surface area contributed by atoms with Gasteiger partial charge >= 0.3 is 0 Å². The van der Waals surface area contributed by atoms with Crippen LogP contribution in [-0.2, 0) is 10.8 Å². The third-order valence-corrected chi connectivity index (χ3v) is 13.9. The van der Waals surface area contributed by atoms with E-state index in [1.807, 2.05) is 0 Å². The number of hydrogen-bond donors (Lipinski definition) is 0. The molecule has 0 fully saturated rings. The van der Waals surface area contributed by atoms with Crippen molar-refractivity contribution in [1.82, 2.24) is 18.9 Å². The molecule has 0 spiro atoms. The number of imidazole rings is 1. The van der Waals surface area contributed by atoms with Crippen LogP contribution in [0.15, 0.2) is 170 Å². The highest BCUT2D eigenvalue weighted by molar-refractivity contribution is 6.12. The van der Waals surface area contributed by atoms with E-state index in [4.69, 9.17) is 9.97 Å². The van der Waals surface area contributed by atoms with Crippen LogP contribution < -0.4 is 0 Å². The summed E-state index contributed by atoms with van der Waals surface area (Å²) in [5.74, 6) is 0.826. The Morgan fingerprint density at radius 2 is 0.833 bits per heavy atom. The largest absolute Gasteiger partial charge is 0.279 e. The first-order chi connectivity index (χ1) is 29.3. The van der Waals surface area contributed by atoms with Gasteiger partial charge in [0.2, 0.25) is 5.95 Å². The molecule has 0 aliphatic heterocycles. The average molecular weight is 769 g/mol. The fourth-order valence-corrected chi connectivity index (χ4v) is 10.8. The van der Waals surface area contributed by atoms with Gasteiger partial charge < -0.3 is 0 Å². The molecule has 0 amide bonds. The van der Waals surface area contributed by atoms with Crippen LogP contribution in [0.3, 0.4) is 0 Å². The van der Waals surface area contributed by atoms with Gasteiger partial charge in [-0.1, -0.05) is 137 Å². The molecule has 0 saturated heterocycles. The monoisotopic (exact) mass is 768 g/mol. The Kier molecular flexibility index (Phi) is 6.55. The summed E-state index contributed by atoms with van der Waals surface area (Å²) in [7, 11) is 0. The Morgan fingerprint density at radius 1 is 0.367 bits per heavy atom. The number of nitrogens with zero attached hydrogens (tertiary/aromatic N) is 4. The SMILES string of the molecule is CC1(C)c2ccccc2-c2ccc(-c3ccc4c(c3)c3cc(-c5ccc6c(c5)C(C)(C)c5ccccc5-6)ccc3n4-c3nc4ccccc4c4nc5ccccc5n34)cc21. The number of rotatable bonds is 3. The Morgan fingerprint density at radius 3 is 1.43 bits per heavy atom. The normalized spacial score (nSPS) is 14.6. The van der Waals surface area contributed by atoms with E-state index in [1.54, 1.807) is 0 Å². The van der Waals surface area contributed by atoms with Crippen molar-refractivity contribution in [2.75, 3.05) is 0 Å². The van der Waals surface area contributed by atoms with Gasteiger partial charge in [-0.05, 0) is 127 Å². The third-order valence-electron chi connectivity index (χ3n) is 13.9. The Labute approximate surface area is 348 Å². The summed E-state index contributed by atoms with van der Waals surface area (Å²) in [6.45, 7) is 9.43. The second-order valence-electron chi connectivity index (χ2n) is 17.8. The third kappa shape index (κ3) is 4.40. The van der Waals surface area contributed by atoms with Gasteiger partial charge in [-0.3, -0.25) is 8.97 Å². The predicted molar refractivity (Wildman–Crippen MR) is 248 cm³/mol. The quantitative estimate of drug-likeness (QED) is 0.179. The first-order valence-corrected chi connectivity index (χ1v) is 21.0. The molecule has 284 valence electrons. The van der Waals surface area contributed by atoms with Gasteiger partial charge in [0.15, 0.2) is 0 Å². The molecule has 0 bridgehead atoms. The highest BCUT2D eigenvalue weighted by Gasteiger charge is 2.36. The Balaban J connectivity index is 1.07. The summed E-state index contributed by atoms with van der Waals surface area (Å²) in [6, 6.07) is 62.6. The minimum Gasteiger partial charge on any atom is -0.279 e. The van der Waals surface area contributed by atoms with Crippen molar-refractivity contribution in [1.29, 1.82) is 0 Å². The fourth-order valence-electron chi connectivity index (χ4n) is 10.8. The molecule has 3 aromatic heterocycles. The van der Waals surface area contributed by atoms with E-state index in [9.17, 15) is 0 Å². The molecule has 3 heterocycles. The van der Waals surface area contributed by atoms with Crippen molar-refractivity contribution in [3.63, 3.8) is 0 Å². The van der Waals surface area contributed by atoms with E-state index >= 15 is 0 Å². The number of hydrogen-bond acceptors (Lipinski definition) is 2. The summed E-state index contributed by atoms with van der Waals surface area (Å²) in [6.07, 6.45) is 0. The van der Waals surface area contributed by atoms with Gasteiger partial charge in [-0.25, -0.2) is 9.97 Å².